The number of likely N-dealkylation sites (tertiary alicyclic amines) is 1. The molecule has 140 valence electrons. The third kappa shape index (κ3) is 2.27. The predicted octanol–water partition coefficient (Wildman–Crippen LogP) is 2.68. The Bertz CT molecular complexity index is 869. The van der Waals surface area contributed by atoms with Crippen molar-refractivity contribution in [1.29, 1.82) is 0 Å². The van der Waals surface area contributed by atoms with E-state index < -0.39 is 6.04 Å². The van der Waals surface area contributed by atoms with Crippen molar-refractivity contribution in [1.82, 2.24) is 4.90 Å². The largest absolute Gasteiger partial charge is 0.324 e. The zero-order chi connectivity index (χ0) is 19.0. The van der Waals surface area contributed by atoms with Gasteiger partial charge in [-0.2, -0.15) is 0 Å². The minimum atomic E-state index is -0.799. The number of benzene rings is 1. The summed E-state index contributed by atoms with van der Waals surface area (Å²) >= 11 is 0. The molecule has 1 saturated heterocycles. The van der Waals surface area contributed by atoms with Crippen LogP contribution in [0.1, 0.15) is 24.5 Å². The minimum Gasteiger partial charge on any atom is -0.324 e. The fourth-order valence-electron chi connectivity index (χ4n) is 5.67. The lowest BCUT2D eigenvalue weighted by Gasteiger charge is -2.37. The van der Waals surface area contributed by atoms with E-state index in [2.05, 4.69) is 17.5 Å². The van der Waals surface area contributed by atoms with Crippen LogP contribution in [0.2, 0.25) is 0 Å². The van der Waals surface area contributed by atoms with Crippen LogP contribution in [0.4, 0.5) is 5.69 Å². The van der Waals surface area contributed by atoms with E-state index in [1.54, 1.807) is 6.92 Å². The average Bonchev–Trinajstić information content (AvgIpc) is 3.41. The van der Waals surface area contributed by atoms with E-state index in [1.165, 1.54) is 4.90 Å². The minimum absolute atomic E-state index is 0.155. The quantitative estimate of drug-likeness (QED) is 0.662. The topological polar surface area (TPSA) is 66.5 Å². The van der Waals surface area contributed by atoms with E-state index in [4.69, 9.17) is 0 Å². The van der Waals surface area contributed by atoms with Crippen LogP contribution in [0.25, 0.3) is 0 Å². The van der Waals surface area contributed by atoms with Crippen LogP contribution in [0.3, 0.4) is 0 Å². The molecule has 5 heteroatoms. The molecule has 1 aliphatic heterocycles. The molecule has 1 aromatic carbocycles. The van der Waals surface area contributed by atoms with Gasteiger partial charge in [-0.3, -0.25) is 19.3 Å². The molecule has 1 aromatic rings. The van der Waals surface area contributed by atoms with Crippen molar-refractivity contribution in [2.75, 3.05) is 5.32 Å². The molecule has 7 atom stereocenters. The predicted molar refractivity (Wildman–Crippen MR) is 101 cm³/mol. The summed E-state index contributed by atoms with van der Waals surface area (Å²) in [7, 11) is 0. The Labute approximate surface area is 158 Å². The van der Waals surface area contributed by atoms with Crippen LogP contribution >= 0.6 is 0 Å². The van der Waals surface area contributed by atoms with Crippen LogP contribution in [0.5, 0.6) is 0 Å². The summed E-state index contributed by atoms with van der Waals surface area (Å²) in [5, 5.41) is 2.89. The fourth-order valence-corrected chi connectivity index (χ4v) is 5.67. The van der Waals surface area contributed by atoms with Gasteiger partial charge in [0, 0.05) is 5.69 Å². The highest BCUT2D eigenvalue weighted by Crippen LogP contribution is 2.65. The highest BCUT2D eigenvalue weighted by Gasteiger charge is 2.67. The first-order chi connectivity index (χ1) is 12.9. The Morgan fingerprint density at radius 2 is 1.67 bits per heavy atom. The molecular weight excluding hydrogens is 340 g/mol. The summed E-state index contributed by atoms with van der Waals surface area (Å²) in [5.41, 5.74) is 2.80. The van der Waals surface area contributed by atoms with E-state index >= 15 is 0 Å². The van der Waals surface area contributed by atoms with Gasteiger partial charge in [0.1, 0.15) is 6.04 Å². The molecule has 0 unspecified atom stereocenters. The zero-order valence-corrected chi connectivity index (χ0v) is 15.8. The number of nitrogens with one attached hydrogen (secondary N) is 1. The van der Waals surface area contributed by atoms with Gasteiger partial charge in [0.25, 0.3) is 0 Å². The first-order valence-corrected chi connectivity index (χ1v) is 9.82. The van der Waals surface area contributed by atoms with Crippen molar-refractivity contribution in [2.24, 2.45) is 35.5 Å². The zero-order valence-electron chi connectivity index (χ0n) is 15.8. The average molecular weight is 364 g/mol. The number of rotatable bonds is 3. The van der Waals surface area contributed by atoms with Gasteiger partial charge in [0.05, 0.1) is 11.8 Å². The maximum Gasteiger partial charge on any atom is 0.247 e. The molecule has 5 aliphatic rings. The van der Waals surface area contributed by atoms with Crippen LogP contribution in [0, 0.1) is 49.4 Å². The smallest absolute Gasteiger partial charge is 0.247 e. The summed E-state index contributed by atoms with van der Waals surface area (Å²) in [6.45, 7) is 5.59. The highest BCUT2D eigenvalue weighted by atomic mass is 16.2. The number of amides is 3. The molecule has 4 aliphatic carbocycles. The number of aryl methyl sites for hydroxylation is 2. The number of carbonyl (C=O) groups excluding carboxylic acids is 3. The Balaban J connectivity index is 1.38. The second-order valence-corrected chi connectivity index (χ2v) is 8.68. The summed E-state index contributed by atoms with van der Waals surface area (Å²) in [6.07, 6.45) is 5.43. The Kier molecular flexibility index (Phi) is 3.43. The fraction of sp³-hybridized carbons (Fsp3) is 0.500. The van der Waals surface area contributed by atoms with Crippen molar-refractivity contribution in [3.8, 4) is 0 Å². The van der Waals surface area contributed by atoms with Crippen molar-refractivity contribution in [2.45, 2.75) is 33.2 Å². The number of hydrogen-bond donors (Lipinski definition) is 1. The molecule has 0 aromatic heterocycles. The molecule has 27 heavy (non-hydrogen) atoms. The van der Waals surface area contributed by atoms with Gasteiger partial charge in [-0.25, -0.2) is 0 Å². The second-order valence-electron chi connectivity index (χ2n) is 8.68. The molecule has 2 bridgehead atoms. The monoisotopic (exact) mass is 364 g/mol. The van der Waals surface area contributed by atoms with Crippen LogP contribution in [0.15, 0.2) is 30.4 Å². The number of allylic oxidation sites excluding steroid dienone is 2. The molecule has 0 spiro atoms. The van der Waals surface area contributed by atoms with Gasteiger partial charge in [-0.1, -0.05) is 29.8 Å². The maximum atomic E-state index is 13.1. The lowest BCUT2D eigenvalue weighted by atomic mass is 9.63. The molecule has 1 heterocycles. The van der Waals surface area contributed by atoms with E-state index in [0.717, 1.165) is 23.2 Å². The Morgan fingerprint density at radius 3 is 2.22 bits per heavy atom. The summed E-state index contributed by atoms with van der Waals surface area (Å²) < 4.78 is 0. The first kappa shape index (κ1) is 16.7. The number of carbonyl (C=O) groups is 3. The molecule has 3 amide bonds. The van der Waals surface area contributed by atoms with Gasteiger partial charge in [0.15, 0.2) is 0 Å². The first-order valence-electron chi connectivity index (χ1n) is 9.82. The molecule has 6 rings (SSSR count). The number of imide groups is 1. The standard InChI is InChI=1S/C22H24N2O3/c1-10-4-7-17(11(2)8-10)23-20(25)12(3)24-21(26)18-13-5-6-14(16-9-15(13)16)19(18)22(24)27/h4-8,12-16,18-19H,9H2,1-3H3,(H,23,25)/t12-,13-,14-,15-,16-,18+,19+/m0/s1. The van der Waals surface area contributed by atoms with E-state index in [-0.39, 0.29) is 41.4 Å². The van der Waals surface area contributed by atoms with Gasteiger partial charge in [-0.05, 0) is 62.5 Å². The van der Waals surface area contributed by atoms with E-state index in [9.17, 15) is 14.4 Å². The number of nitrogens with zero attached hydrogens (tertiary/aromatic N) is 1. The molecular formula is C22H24N2O3. The van der Waals surface area contributed by atoms with Gasteiger partial charge >= 0.3 is 0 Å². The molecule has 5 nitrogen and oxygen atoms in total. The summed E-state index contributed by atoms with van der Waals surface area (Å²) in [6, 6.07) is 4.99. The molecule has 0 radical (unpaired) electrons. The lowest BCUT2D eigenvalue weighted by Crippen LogP contribution is -2.46. The van der Waals surface area contributed by atoms with Gasteiger partial charge in [0.2, 0.25) is 17.7 Å². The van der Waals surface area contributed by atoms with Crippen molar-refractivity contribution in [3.63, 3.8) is 0 Å². The summed E-state index contributed by atoms with van der Waals surface area (Å²) in [4.78, 5) is 40.3. The molecule has 3 fully saturated rings. The lowest BCUT2D eigenvalue weighted by molar-refractivity contribution is -0.146. The molecule has 1 N–H and O–H groups in total. The Morgan fingerprint density at radius 1 is 1.07 bits per heavy atom. The molecule has 2 saturated carbocycles. The van der Waals surface area contributed by atoms with Gasteiger partial charge < -0.3 is 5.32 Å². The number of anilines is 1. The number of hydrogen-bond acceptors (Lipinski definition) is 3. The Hall–Kier alpha value is -2.43. The normalized spacial score (nSPS) is 36.5. The van der Waals surface area contributed by atoms with Crippen molar-refractivity contribution >= 4 is 23.4 Å². The summed E-state index contributed by atoms with van der Waals surface area (Å²) in [5.74, 6) is 0.362. The van der Waals surface area contributed by atoms with Crippen LogP contribution in [-0.2, 0) is 14.4 Å². The van der Waals surface area contributed by atoms with Crippen LogP contribution in [-0.4, -0.2) is 28.7 Å². The SMILES string of the molecule is Cc1ccc(NC(=O)[C@H](C)N2C(=O)[C@@H]3[C@H]4C=C[C@@H]([C@@H]5C[C@@H]45)[C@H]3C2=O)c(C)c1. The van der Waals surface area contributed by atoms with E-state index in [0.29, 0.717) is 11.8 Å². The van der Waals surface area contributed by atoms with Gasteiger partial charge in [-0.15, -0.1) is 0 Å². The van der Waals surface area contributed by atoms with Crippen molar-refractivity contribution in [3.05, 3.63) is 41.5 Å². The highest BCUT2D eigenvalue weighted by molar-refractivity contribution is 6.10. The van der Waals surface area contributed by atoms with E-state index in [1.807, 2.05) is 32.0 Å². The second kappa shape index (κ2) is 5.54. The third-order valence-corrected chi connectivity index (χ3v) is 7.10. The third-order valence-electron chi connectivity index (χ3n) is 7.10. The maximum absolute atomic E-state index is 13.1. The van der Waals surface area contributed by atoms with Crippen LogP contribution < -0.4 is 5.32 Å². The van der Waals surface area contributed by atoms with Crippen molar-refractivity contribution < 1.29 is 14.4 Å².